The summed E-state index contributed by atoms with van der Waals surface area (Å²) in [7, 11) is 1.68. The highest BCUT2D eigenvalue weighted by Crippen LogP contribution is 2.25. The van der Waals surface area contributed by atoms with Crippen LogP contribution in [-0.4, -0.2) is 4.57 Å². The van der Waals surface area contributed by atoms with Gasteiger partial charge in [-0.2, -0.15) is 0 Å². The van der Waals surface area contributed by atoms with Crippen LogP contribution in [0, 0.1) is 13.8 Å². The van der Waals surface area contributed by atoms with Gasteiger partial charge >= 0.3 is 5.76 Å². The van der Waals surface area contributed by atoms with E-state index in [1.54, 1.807) is 13.1 Å². The molecule has 0 saturated heterocycles. The summed E-state index contributed by atoms with van der Waals surface area (Å²) in [6, 6.07) is 1.79. The zero-order valence-electron chi connectivity index (χ0n) is 8.42. The summed E-state index contributed by atoms with van der Waals surface area (Å²) in [4.78, 5) is 11.3. The number of aryl methyl sites for hydroxylation is 3. The number of anilines is 1. The quantitative estimate of drug-likeness (QED) is 0.640. The third-order valence-corrected chi connectivity index (χ3v) is 2.57. The molecule has 0 unspecified atom stereocenters. The summed E-state index contributed by atoms with van der Waals surface area (Å²) >= 11 is 0. The molecule has 0 saturated carbocycles. The summed E-state index contributed by atoms with van der Waals surface area (Å²) in [6.07, 6.45) is 0. The first-order valence-electron chi connectivity index (χ1n) is 4.37. The molecule has 14 heavy (non-hydrogen) atoms. The van der Waals surface area contributed by atoms with E-state index in [0.29, 0.717) is 11.3 Å². The summed E-state index contributed by atoms with van der Waals surface area (Å²) in [5, 5.41) is 0. The molecule has 2 aromatic rings. The Hall–Kier alpha value is -1.71. The normalized spacial score (nSPS) is 11.1. The molecule has 2 rings (SSSR count). The molecule has 0 aliphatic carbocycles. The van der Waals surface area contributed by atoms with Gasteiger partial charge < -0.3 is 10.2 Å². The molecule has 0 bridgehead atoms. The maximum absolute atomic E-state index is 11.3. The van der Waals surface area contributed by atoms with Crippen LogP contribution in [-0.2, 0) is 7.05 Å². The third-order valence-electron chi connectivity index (χ3n) is 2.57. The molecule has 0 fully saturated rings. The number of nitrogens with two attached hydrogens (primary N) is 1. The van der Waals surface area contributed by atoms with Gasteiger partial charge in [0, 0.05) is 12.7 Å². The molecule has 1 aromatic carbocycles. The number of oxazole rings is 1. The number of benzene rings is 1. The van der Waals surface area contributed by atoms with Crippen LogP contribution in [0.2, 0.25) is 0 Å². The van der Waals surface area contributed by atoms with Crippen molar-refractivity contribution in [1.29, 1.82) is 0 Å². The highest BCUT2D eigenvalue weighted by molar-refractivity contribution is 5.83. The predicted molar refractivity (Wildman–Crippen MR) is 55.3 cm³/mol. The maximum Gasteiger partial charge on any atom is 0.419 e. The van der Waals surface area contributed by atoms with E-state index < -0.39 is 0 Å². The number of hydrogen-bond donors (Lipinski definition) is 1. The van der Waals surface area contributed by atoms with Crippen LogP contribution in [0.5, 0.6) is 0 Å². The predicted octanol–water partition coefficient (Wildman–Crippen LogP) is 1.33. The molecule has 1 heterocycles. The average Bonchev–Trinajstić information content (AvgIpc) is 2.39. The van der Waals surface area contributed by atoms with Crippen molar-refractivity contribution < 1.29 is 4.42 Å². The van der Waals surface area contributed by atoms with E-state index in [0.717, 1.165) is 16.6 Å². The van der Waals surface area contributed by atoms with Crippen molar-refractivity contribution >= 4 is 16.8 Å². The fourth-order valence-electron chi connectivity index (χ4n) is 1.70. The van der Waals surface area contributed by atoms with E-state index in [4.69, 9.17) is 10.2 Å². The number of nitrogens with zero attached hydrogens (tertiary/aromatic N) is 1. The Morgan fingerprint density at radius 1 is 1.43 bits per heavy atom. The molecule has 1 aromatic heterocycles. The van der Waals surface area contributed by atoms with Crippen LogP contribution in [0.3, 0.4) is 0 Å². The second-order valence-electron chi connectivity index (χ2n) is 3.51. The summed E-state index contributed by atoms with van der Waals surface area (Å²) in [5.74, 6) is -0.354. The van der Waals surface area contributed by atoms with Crippen molar-refractivity contribution in [3.05, 3.63) is 27.7 Å². The van der Waals surface area contributed by atoms with E-state index in [9.17, 15) is 4.79 Å². The van der Waals surface area contributed by atoms with Gasteiger partial charge in [-0.1, -0.05) is 0 Å². The van der Waals surface area contributed by atoms with Crippen LogP contribution < -0.4 is 11.5 Å². The lowest BCUT2D eigenvalue weighted by Gasteiger charge is -2.05. The van der Waals surface area contributed by atoms with Crippen molar-refractivity contribution in [2.24, 2.45) is 7.05 Å². The Bertz CT molecular complexity index is 563. The first-order valence-corrected chi connectivity index (χ1v) is 4.37. The van der Waals surface area contributed by atoms with Gasteiger partial charge in [-0.3, -0.25) is 4.57 Å². The second kappa shape index (κ2) is 2.64. The first-order chi connectivity index (χ1) is 6.52. The summed E-state index contributed by atoms with van der Waals surface area (Å²) in [6.45, 7) is 3.79. The summed E-state index contributed by atoms with van der Waals surface area (Å²) < 4.78 is 6.54. The van der Waals surface area contributed by atoms with Gasteiger partial charge in [-0.15, -0.1) is 0 Å². The lowest BCUT2D eigenvalue weighted by Crippen LogP contribution is -2.09. The van der Waals surface area contributed by atoms with E-state index in [2.05, 4.69) is 0 Å². The zero-order chi connectivity index (χ0) is 10.5. The first kappa shape index (κ1) is 8.87. The van der Waals surface area contributed by atoms with Gasteiger partial charge in [-0.05, 0) is 31.0 Å². The standard InChI is InChI=1S/C10H12N2O2/c1-5-4-7-9(6(2)8(5)11)12(3)10(13)14-7/h4H,11H2,1-3H3. The number of hydrogen-bond acceptors (Lipinski definition) is 3. The van der Waals surface area contributed by atoms with Crippen LogP contribution in [0.15, 0.2) is 15.3 Å². The lowest BCUT2D eigenvalue weighted by atomic mass is 10.1. The minimum Gasteiger partial charge on any atom is -0.408 e. The molecule has 4 nitrogen and oxygen atoms in total. The fraction of sp³-hybridized carbons (Fsp3) is 0.300. The van der Waals surface area contributed by atoms with Crippen LogP contribution >= 0.6 is 0 Å². The van der Waals surface area contributed by atoms with E-state index in [-0.39, 0.29) is 5.76 Å². The van der Waals surface area contributed by atoms with Crippen molar-refractivity contribution in [3.8, 4) is 0 Å². The Morgan fingerprint density at radius 3 is 2.71 bits per heavy atom. The Kier molecular flexibility index (Phi) is 1.67. The minimum atomic E-state index is -0.354. The average molecular weight is 192 g/mol. The van der Waals surface area contributed by atoms with E-state index >= 15 is 0 Å². The van der Waals surface area contributed by atoms with Crippen molar-refractivity contribution in [2.75, 3.05) is 5.73 Å². The van der Waals surface area contributed by atoms with Crippen LogP contribution in [0.4, 0.5) is 5.69 Å². The highest BCUT2D eigenvalue weighted by Gasteiger charge is 2.12. The number of rotatable bonds is 0. The monoisotopic (exact) mass is 192 g/mol. The van der Waals surface area contributed by atoms with Crippen molar-refractivity contribution in [2.45, 2.75) is 13.8 Å². The zero-order valence-corrected chi connectivity index (χ0v) is 8.42. The smallest absolute Gasteiger partial charge is 0.408 e. The van der Waals surface area contributed by atoms with Gasteiger partial charge in [-0.25, -0.2) is 4.79 Å². The minimum absolute atomic E-state index is 0.354. The molecule has 0 radical (unpaired) electrons. The largest absolute Gasteiger partial charge is 0.419 e. The topological polar surface area (TPSA) is 61.2 Å². The number of nitrogen functional groups attached to an aromatic ring is 1. The number of fused-ring (bicyclic) bond motifs is 1. The molecule has 0 amide bonds. The van der Waals surface area contributed by atoms with Gasteiger partial charge in [0.05, 0.1) is 5.52 Å². The van der Waals surface area contributed by atoms with Crippen molar-refractivity contribution in [3.63, 3.8) is 0 Å². The summed E-state index contributed by atoms with van der Waals surface area (Å²) in [5.41, 5.74) is 9.79. The molecular weight excluding hydrogens is 180 g/mol. The maximum atomic E-state index is 11.3. The van der Waals surface area contributed by atoms with Gasteiger partial charge in [0.15, 0.2) is 5.58 Å². The Balaban J connectivity index is 3.06. The van der Waals surface area contributed by atoms with Crippen molar-refractivity contribution in [1.82, 2.24) is 4.57 Å². The lowest BCUT2D eigenvalue weighted by molar-refractivity contribution is 0.528. The second-order valence-corrected chi connectivity index (χ2v) is 3.51. The molecule has 0 atom stereocenters. The molecule has 2 N–H and O–H groups in total. The van der Waals surface area contributed by atoms with E-state index in [1.807, 2.05) is 13.8 Å². The number of aromatic nitrogens is 1. The Labute approximate surface area is 80.9 Å². The fourth-order valence-corrected chi connectivity index (χ4v) is 1.70. The third kappa shape index (κ3) is 0.968. The molecule has 4 heteroatoms. The molecule has 74 valence electrons. The SMILES string of the molecule is Cc1cc2oc(=O)n(C)c2c(C)c1N. The van der Waals surface area contributed by atoms with Gasteiger partial charge in [0.1, 0.15) is 0 Å². The van der Waals surface area contributed by atoms with Gasteiger partial charge in [0.25, 0.3) is 0 Å². The molecule has 0 aliphatic rings. The molecular formula is C10H12N2O2. The van der Waals surface area contributed by atoms with Crippen LogP contribution in [0.1, 0.15) is 11.1 Å². The molecule has 0 spiro atoms. The van der Waals surface area contributed by atoms with Gasteiger partial charge in [0.2, 0.25) is 0 Å². The van der Waals surface area contributed by atoms with Crippen LogP contribution in [0.25, 0.3) is 11.1 Å². The Morgan fingerprint density at radius 2 is 2.07 bits per heavy atom. The highest BCUT2D eigenvalue weighted by atomic mass is 16.4. The molecule has 0 aliphatic heterocycles. The van der Waals surface area contributed by atoms with E-state index in [1.165, 1.54) is 4.57 Å².